The first-order chi connectivity index (χ1) is 28.8. The zero-order valence-electron chi connectivity index (χ0n) is 31.0. The van der Waals surface area contributed by atoms with Crippen LogP contribution in [0.2, 0.25) is 0 Å². The van der Waals surface area contributed by atoms with Gasteiger partial charge in [0.05, 0.1) is 42.1 Å². The Morgan fingerprint density at radius 3 is 0.967 bits per heavy atom. The molecule has 0 saturated carbocycles. The van der Waals surface area contributed by atoms with Crippen molar-refractivity contribution >= 4 is 82.5 Å². The number of carbonyl (C=O) groups is 2. The molecule has 18 nitrogen and oxygen atoms in total. The number of sulfonamides is 4. The zero-order chi connectivity index (χ0) is 44.0. The molecular formula is C38H31BN4O14S4. The Labute approximate surface area is 350 Å². The third kappa shape index (κ3) is 11.2. The lowest BCUT2D eigenvalue weighted by atomic mass is 10.2. The Morgan fingerprint density at radius 2 is 0.672 bits per heavy atom. The van der Waals surface area contributed by atoms with Crippen LogP contribution in [0.15, 0.2) is 165 Å². The first-order valence-corrected chi connectivity index (χ1v) is 23.2. The van der Waals surface area contributed by atoms with Crippen molar-refractivity contribution in [2.24, 2.45) is 0 Å². The number of benzene rings is 6. The van der Waals surface area contributed by atoms with Gasteiger partial charge in [0.15, 0.2) is 0 Å². The standard InChI is InChI=1S/C38H31BN4O14S4/c44-37(45)25-7-15-33(16-8-25)58(48,49)40-27-11-19-35(20-12-27)60(52,53)42-29-3-1-5-31(23-29)56-39-57-32-6-2-4-30(24-32)43-61(54,55)36-21-13-28(14-22-36)41-59(50,51)34-17-9-26(10-18-34)38(46)47/h1-24,39-43H,(H,44,45)(H,46,47). The van der Waals surface area contributed by atoms with Crippen LogP contribution < -0.4 is 28.2 Å². The van der Waals surface area contributed by atoms with Gasteiger partial charge in [-0.05, 0) is 121 Å². The first kappa shape index (κ1) is 43.5. The van der Waals surface area contributed by atoms with Crippen molar-refractivity contribution in [3.05, 3.63) is 157 Å². The monoisotopic (exact) mass is 906 g/mol. The van der Waals surface area contributed by atoms with Crippen LogP contribution in [-0.4, -0.2) is 63.5 Å². The van der Waals surface area contributed by atoms with Crippen molar-refractivity contribution < 1.29 is 62.8 Å². The number of aromatic carboxylic acids is 2. The maximum Gasteiger partial charge on any atom is 0.576 e. The van der Waals surface area contributed by atoms with Crippen LogP contribution >= 0.6 is 0 Å². The second kappa shape index (κ2) is 17.6. The van der Waals surface area contributed by atoms with Crippen LogP contribution in [0.3, 0.4) is 0 Å². The van der Waals surface area contributed by atoms with E-state index < -0.39 is 52.0 Å². The van der Waals surface area contributed by atoms with E-state index in [1.165, 1.54) is 97.1 Å². The largest absolute Gasteiger partial charge is 0.576 e. The smallest absolute Gasteiger partial charge is 0.528 e. The average molecular weight is 907 g/mol. The SMILES string of the molecule is O=C(O)c1ccc(S(=O)(=O)Nc2ccc(S(=O)(=O)Nc3cccc(OBOc4cccc(NS(=O)(=O)c5ccc(NS(=O)(=O)c6ccc(C(=O)O)cc6)cc5)c4)c3)cc2)cc1. The molecule has 0 spiro atoms. The second-order valence-corrected chi connectivity index (χ2v) is 19.3. The molecule has 0 amide bonds. The topological polar surface area (TPSA) is 278 Å². The third-order valence-electron chi connectivity index (χ3n) is 8.28. The number of carboxylic acids is 2. The minimum Gasteiger partial charge on any atom is -0.528 e. The lowest BCUT2D eigenvalue weighted by Crippen LogP contribution is -2.15. The molecule has 0 saturated heterocycles. The zero-order valence-corrected chi connectivity index (χ0v) is 34.3. The van der Waals surface area contributed by atoms with Gasteiger partial charge in [-0.1, -0.05) is 12.1 Å². The fourth-order valence-corrected chi connectivity index (χ4v) is 9.49. The van der Waals surface area contributed by atoms with Crippen LogP contribution in [0.25, 0.3) is 0 Å². The van der Waals surface area contributed by atoms with Gasteiger partial charge in [-0.25, -0.2) is 43.3 Å². The molecule has 0 fully saturated rings. The molecule has 0 aliphatic heterocycles. The Morgan fingerprint density at radius 1 is 0.393 bits per heavy atom. The highest BCUT2D eigenvalue weighted by Gasteiger charge is 2.20. The van der Waals surface area contributed by atoms with Crippen LogP contribution in [0.4, 0.5) is 22.7 Å². The Balaban J connectivity index is 1.01. The van der Waals surface area contributed by atoms with Crippen molar-refractivity contribution in [2.45, 2.75) is 19.6 Å². The maximum atomic E-state index is 13.1. The van der Waals surface area contributed by atoms with Gasteiger partial charge in [0.2, 0.25) is 0 Å². The molecule has 0 aliphatic carbocycles. The molecule has 6 aromatic carbocycles. The second-order valence-electron chi connectivity index (χ2n) is 12.6. The molecule has 0 aliphatic rings. The summed E-state index contributed by atoms with van der Waals surface area (Å²) in [5.74, 6) is -2.01. The molecule has 314 valence electrons. The van der Waals surface area contributed by atoms with E-state index in [4.69, 9.17) is 19.5 Å². The van der Waals surface area contributed by atoms with Gasteiger partial charge < -0.3 is 19.5 Å². The number of hydrogen-bond acceptors (Lipinski definition) is 12. The highest BCUT2D eigenvalue weighted by atomic mass is 32.2. The maximum absolute atomic E-state index is 13.1. The highest BCUT2D eigenvalue weighted by molar-refractivity contribution is 7.93. The number of carboxylic acid groups (broad SMARTS) is 2. The minimum atomic E-state index is -4.15. The van der Waals surface area contributed by atoms with Crippen molar-refractivity contribution in [3.63, 3.8) is 0 Å². The lowest BCUT2D eigenvalue weighted by molar-refractivity contribution is 0.0686. The van der Waals surface area contributed by atoms with E-state index in [-0.39, 0.29) is 72.6 Å². The number of rotatable bonds is 18. The van der Waals surface area contributed by atoms with Crippen LogP contribution in [0.1, 0.15) is 20.7 Å². The summed E-state index contributed by atoms with van der Waals surface area (Å²) in [6.45, 7) is 0. The van der Waals surface area contributed by atoms with E-state index in [1.807, 2.05) is 0 Å². The molecule has 0 unspecified atom stereocenters. The van der Waals surface area contributed by atoms with E-state index in [9.17, 15) is 43.3 Å². The summed E-state index contributed by atoms with van der Waals surface area (Å²) < 4.78 is 124. The molecule has 6 rings (SSSR count). The minimum absolute atomic E-state index is 0.0571. The van der Waals surface area contributed by atoms with Gasteiger partial charge in [-0.2, -0.15) is 0 Å². The molecule has 0 radical (unpaired) electrons. The van der Waals surface area contributed by atoms with Crippen molar-refractivity contribution in [3.8, 4) is 11.5 Å². The summed E-state index contributed by atoms with van der Waals surface area (Å²) in [5, 5.41) is 18.1. The fraction of sp³-hybridized carbons (Fsp3) is 0. The summed E-state index contributed by atoms with van der Waals surface area (Å²) in [6.07, 6.45) is 0. The van der Waals surface area contributed by atoms with Gasteiger partial charge >= 0.3 is 19.6 Å². The summed E-state index contributed by atoms with van der Waals surface area (Å²) in [7, 11) is -16.9. The van der Waals surface area contributed by atoms with Gasteiger partial charge in [0.25, 0.3) is 40.1 Å². The molecule has 0 aromatic heterocycles. The average Bonchev–Trinajstić information content (AvgIpc) is 3.21. The van der Waals surface area contributed by atoms with E-state index >= 15 is 0 Å². The fourth-order valence-electron chi connectivity index (χ4n) is 5.28. The van der Waals surface area contributed by atoms with E-state index in [0.717, 1.165) is 48.5 Å². The van der Waals surface area contributed by atoms with Gasteiger partial charge in [0.1, 0.15) is 11.5 Å². The summed E-state index contributed by atoms with van der Waals surface area (Å²) in [4.78, 5) is 21.4. The number of nitrogens with one attached hydrogen (secondary N) is 4. The van der Waals surface area contributed by atoms with Crippen LogP contribution in [0.5, 0.6) is 11.5 Å². The number of anilines is 4. The quantitative estimate of drug-likeness (QED) is 0.0619. The molecule has 6 N–H and O–H groups in total. The summed E-state index contributed by atoms with van der Waals surface area (Å²) >= 11 is 0. The Kier molecular flexibility index (Phi) is 12.6. The van der Waals surface area contributed by atoms with E-state index in [2.05, 4.69) is 18.9 Å². The predicted octanol–water partition coefficient (Wildman–Crippen LogP) is 5.01. The normalized spacial score (nSPS) is 11.7. The highest BCUT2D eigenvalue weighted by Crippen LogP contribution is 2.26. The van der Waals surface area contributed by atoms with Gasteiger partial charge in [-0.15, -0.1) is 0 Å². The summed E-state index contributed by atoms with van der Waals surface area (Å²) in [5.41, 5.74) is 0.179. The van der Waals surface area contributed by atoms with E-state index in [0.29, 0.717) is 0 Å². The molecule has 61 heavy (non-hydrogen) atoms. The van der Waals surface area contributed by atoms with Crippen molar-refractivity contribution in [2.75, 3.05) is 18.9 Å². The van der Waals surface area contributed by atoms with Crippen molar-refractivity contribution in [1.82, 2.24) is 0 Å². The predicted molar refractivity (Wildman–Crippen MR) is 224 cm³/mol. The number of hydrogen-bond donors (Lipinski definition) is 6. The third-order valence-corrected chi connectivity index (χ3v) is 13.9. The first-order valence-electron chi connectivity index (χ1n) is 17.2. The summed E-state index contributed by atoms with van der Waals surface area (Å²) in [6, 6.07) is 30.7. The Hall–Kier alpha value is -7.08. The van der Waals surface area contributed by atoms with Crippen LogP contribution in [0, 0.1) is 0 Å². The lowest BCUT2D eigenvalue weighted by Gasteiger charge is -2.13. The molecule has 6 aromatic rings. The van der Waals surface area contributed by atoms with Crippen LogP contribution in [-0.2, 0) is 40.1 Å². The molecule has 0 atom stereocenters. The van der Waals surface area contributed by atoms with Crippen molar-refractivity contribution in [1.29, 1.82) is 0 Å². The van der Waals surface area contributed by atoms with Gasteiger partial charge in [0, 0.05) is 23.5 Å². The molecule has 23 heteroatoms. The Bertz CT molecular complexity index is 2840. The van der Waals surface area contributed by atoms with Gasteiger partial charge in [-0.3, -0.25) is 18.9 Å². The molecule has 0 bridgehead atoms. The van der Waals surface area contributed by atoms with E-state index in [1.54, 1.807) is 0 Å². The molecule has 0 heterocycles. The molecular weight excluding hydrogens is 876 g/mol.